The van der Waals surface area contributed by atoms with Gasteiger partial charge in [-0.15, -0.1) is 0 Å². The van der Waals surface area contributed by atoms with Crippen molar-refractivity contribution < 1.29 is 5.11 Å². The minimum absolute atomic E-state index is 0.266. The summed E-state index contributed by atoms with van der Waals surface area (Å²) >= 11 is 0. The van der Waals surface area contributed by atoms with E-state index in [1.165, 1.54) is 36.1 Å². The van der Waals surface area contributed by atoms with E-state index in [0.29, 0.717) is 6.04 Å². The summed E-state index contributed by atoms with van der Waals surface area (Å²) in [6, 6.07) is 23.5. The number of aliphatic hydroxyl groups is 1. The molecule has 0 bridgehead atoms. The van der Waals surface area contributed by atoms with Crippen molar-refractivity contribution in [3.8, 4) is 0 Å². The van der Waals surface area contributed by atoms with Crippen molar-refractivity contribution in [1.29, 1.82) is 0 Å². The second kappa shape index (κ2) is 7.67. The number of nitrogens with one attached hydrogen (secondary N) is 1. The lowest BCUT2D eigenvalue weighted by Gasteiger charge is -2.33. The molecule has 4 atom stereocenters. The van der Waals surface area contributed by atoms with Crippen molar-refractivity contribution in [2.45, 2.75) is 62.9 Å². The molecule has 0 radical (unpaired) electrons. The van der Waals surface area contributed by atoms with Crippen LogP contribution in [0.1, 0.15) is 32.1 Å². The standard InChI is InChI=1S/C23H31NOSi/c1-26(19-11-4-2-5-12-19,20-13-6-3-7-14-20)17-23(25)22-16-18-10-8-9-15-21(18)24-22/h2-7,11-14,18,21-25H,8-10,15-17H2,1H3/t18-,21-,22-,23+/m1/s1. The Balaban J connectivity index is 1.57. The maximum absolute atomic E-state index is 11.2. The minimum atomic E-state index is -1.97. The Hall–Kier alpha value is -1.42. The molecule has 1 saturated heterocycles. The molecule has 2 nitrogen and oxygen atoms in total. The topological polar surface area (TPSA) is 32.3 Å². The highest BCUT2D eigenvalue weighted by atomic mass is 28.3. The zero-order chi connectivity index (χ0) is 18.0. The summed E-state index contributed by atoms with van der Waals surface area (Å²) in [5, 5.41) is 17.9. The summed E-state index contributed by atoms with van der Waals surface area (Å²) in [4.78, 5) is 0. The Morgan fingerprint density at radius 3 is 2.12 bits per heavy atom. The van der Waals surface area contributed by atoms with Crippen molar-refractivity contribution in [2.75, 3.05) is 0 Å². The van der Waals surface area contributed by atoms with Gasteiger partial charge in [-0.25, -0.2) is 0 Å². The highest BCUT2D eigenvalue weighted by Gasteiger charge is 2.42. The van der Waals surface area contributed by atoms with E-state index in [1.807, 2.05) is 0 Å². The number of hydrogen-bond acceptors (Lipinski definition) is 2. The van der Waals surface area contributed by atoms with Gasteiger partial charge in [0.15, 0.2) is 0 Å². The second-order valence-electron chi connectivity index (χ2n) is 8.50. The third kappa shape index (κ3) is 3.53. The number of benzene rings is 2. The summed E-state index contributed by atoms with van der Waals surface area (Å²) in [6.45, 7) is 2.42. The lowest BCUT2D eigenvalue weighted by molar-refractivity contribution is 0.150. The van der Waals surface area contributed by atoms with Crippen molar-refractivity contribution in [2.24, 2.45) is 5.92 Å². The Kier molecular flexibility index (Phi) is 5.30. The lowest BCUT2D eigenvalue weighted by atomic mass is 9.85. The molecule has 0 amide bonds. The molecule has 0 unspecified atom stereocenters. The number of aliphatic hydroxyl groups excluding tert-OH is 1. The van der Waals surface area contributed by atoms with E-state index < -0.39 is 8.07 Å². The van der Waals surface area contributed by atoms with E-state index in [-0.39, 0.29) is 12.1 Å². The van der Waals surface area contributed by atoms with E-state index in [4.69, 9.17) is 0 Å². The van der Waals surface area contributed by atoms with Crippen LogP contribution in [0, 0.1) is 5.92 Å². The average Bonchev–Trinajstić information content (AvgIpc) is 3.14. The molecule has 1 aliphatic heterocycles. The molecule has 1 saturated carbocycles. The van der Waals surface area contributed by atoms with Crippen LogP contribution in [-0.2, 0) is 0 Å². The Morgan fingerprint density at radius 1 is 0.962 bits per heavy atom. The quantitative estimate of drug-likeness (QED) is 0.798. The molecule has 2 N–H and O–H groups in total. The molecule has 26 heavy (non-hydrogen) atoms. The first-order chi connectivity index (χ1) is 12.7. The molecule has 0 spiro atoms. The SMILES string of the molecule is C[Si](C[C@H](O)[C@H]1C[C@H]2CCCC[C@H]2N1)(c1ccccc1)c1ccccc1. The van der Waals surface area contributed by atoms with Gasteiger partial charge in [0.2, 0.25) is 0 Å². The van der Waals surface area contributed by atoms with Crippen LogP contribution in [0.5, 0.6) is 0 Å². The predicted molar refractivity (Wildman–Crippen MR) is 112 cm³/mol. The van der Waals surface area contributed by atoms with E-state index in [1.54, 1.807) is 0 Å². The summed E-state index contributed by atoms with van der Waals surface area (Å²) in [6.07, 6.45) is 6.23. The van der Waals surface area contributed by atoms with Gasteiger partial charge >= 0.3 is 0 Å². The molecule has 1 heterocycles. The van der Waals surface area contributed by atoms with Gasteiger partial charge in [-0.3, -0.25) is 0 Å². The highest BCUT2D eigenvalue weighted by molar-refractivity contribution is 7.01. The van der Waals surface area contributed by atoms with E-state index >= 15 is 0 Å². The summed E-state index contributed by atoms with van der Waals surface area (Å²) in [7, 11) is -1.97. The molecule has 1 aliphatic carbocycles. The molecular weight excluding hydrogens is 334 g/mol. The van der Waals surface area contributed by atoms with Gasteiger partial charge in [0, 0.05) is 12.1 Å². The summed E-state index contributed by atoms with van der Waals surface area (Å²) in [5.41, 5.74) is 0. The smallest absolute Gasteiger partial charge is 0.117 e. The first-order valence-corrected chi connectivity index (χ1v) is 12.9. The van der Waals surface area contributed by atoms with Crippen molar-refractivity contribution in [1.82, 2.24) is 5.32 Å². The fourth-order valence-electron chi connectivity index (χ4n) is 5.22. The van der Waals surface area contributed by atoms with Crippen LogP contribution in [0.2, 0.25) is 12.6 Å². The monoisotopic (exact) mass is 365 g/mol. The number of hydrogen-bond donors (Lipinski definition) is 2. The van der Waals surface area contributed by atoms with Gasteiger partial charge in [-0.2, -0.15) is 0 Å². The van der Waals surface area contributed by atoms with Gasteiger partial charge < -0.3 is 10.4 Å². The molecule has 2 aromatic rings. The van der Waals surface area contributed by atoms with Crippen LogP contribution in [0.3, 0.4) is 0 Å². The van der Waals surface area contributed by atoms with Crippen LogP contribution < -0.4 is 15.7 Å². The molecule has 3 heteroatoms. The van der Waals surface area contributed by atoms with Crippen LogP contribution in [0.15, 0.2) is 60.7 Å². The van der Waals surface area contributed by atoms with E-state index in [0.717, 1.165) is 18.4 Å². The molecule has 2 aliphatic rings. The number of rotatable bonds is 5. The molecule has 2 aromatic carbocycles. The minimum Gasteiger partial charge on any atom is -0.392 e. The second-order valence-corrected chi connectivity index (χ2v) is 12.7. The summed E-state index contributed by atoms with van der Waals surface area (Å²) < 4.78 is 0. The first kappa shape index (κ1) is 18.0. The van der Waals surface area contributed by atoms with Gasteiger partial charge in [0.05, 0.1) is 6.10 Å². The molecular formula is C23H31NOSi. The maximum Gasteiger partial charge on any atom is 0.117 e. The van der Waals surface area contributed by atoms with Crippen molar-refractivity contribution in [3.05, 3.63) is 60.7 Å². The van der Waals surface area contributed by atoms with Crippen LogP contribution in [-0.4, -0.2) is 31.4 Å². The predicted octanol–water partition coefficient (Wildman–Crippen LogP) is 3.16. The molecule has 138 valence electrons. The number of fused-ring (bicyclic) bond motifs is 1. The Bertz CT molecular complexity index is 651. The third-order valence-electron chi connectivity index (χ3n) is 6.80. The largest absolute Gasteiger partial charge is 0.392 e. The van der Waals surface area contributed by atoms with Gasteiger partial charge in [0.25, 0.3) is 0 Å². The Labute approximate surface area is 158 Å². The molecule has 4 rings (SSSR count). The van der Waals surface area contributed by atoms with Crippen molar-refractivity contribution in [3.63, 3.8) is 0 Å². The average molecular weight is 366 g/mol. The summed E-state index contributed by atoms with van der Waals surface area (Å²) in [5.74, 6) is 0.782. The fraction of sp³-hybridized carbons (Fsp3) is 0.478. The zero-order valence-corrected chi connectivity index (χ0v) is 16.8. The maximum atomic E-state index is 11.2. The molecule has 0 aromatic heterocycles. The van der Waals surface area contributed by atoms with Gasteiger partial charge in [0.1, 0.15) is 8.07 Å². The third-order valence-corrected chi connectivity index (χ3v) is 11.2. The Morgan fingerprint density at radius 2 is 1.54 bits per heavy atom. The van der Waals surface area contributed by atoms with Crippen molar-refractivity contribution >= 4 is 18.4 Å². The molecule has 2 fully saturated rings. The van der Waals surface area contributed by atoms with Crippen LogP contribution >= 0.6 is 0 Å². The van der Waals surface area contributed by atoms with Crippen LogP contribution in [0.4, 0.5) is 0 Å². The van der Waals surface area contributed by atoms with Gasteiger partial charge in [-0.1, -0.05) is 90.4 Å². The van der Waals surface area contributed by atoms with E-state index in [2.05, 4.69) is 72.5 Å². The zero-order valence-electron chi connectivity index (χ0n) is 15.8. The van der Waals surface area contributed by atoms with Crippen LogP contribution in [0.25, 0.3) is 0 Å². The first-order valence-electron chi connectivity index (χ1n) is 10.2. The highest BCUT2D eigenvalue weighted by Crippen LogP contribution is 2.35. The normalized spacial score (nSPS) is 27.1. The lowest BCUT2D eigenvalue weighted by Crippen LogP contribution is -2.59. The van der Waals surface area contributed by atoms with E-state index in [9.17, 15) is 5.11 Å². The fourth-order valence-corrected chi connectivity index (χ4v) is 9.00. The van der Waals surface area contributed by atoms with Gasteiger partial charge in [-0.05, 0) is 31.2 Å².